The Morgan fingerprint density at radius 1 is 1.47 bits per heavy atom. The predicted octanol–water partition coefficient (Wildman–Crippen LogP) is 2.01. The van der Waals surface area contributed by atoms with Crippen molar-refractivity contribution >= 4 is 23.4 Å². The highest BCUT2D eigenvalue weighted by Crippen LogP contribution is 2.25. The molecule has 0 aromatic heterocycles. The molecule has 0 heterocycles. The zero-order valence-electron chi connectivity index (χ0n) is 7.99. The maximum Gasteiger partial charge on any atom is 0.377 e. The van der Waals surface area contributed by atoms with E-state index in [0.717, 1.165) is 0 Å². The van der Waals surface area contributed by atoms with Crippen LogP contribution in [0.25, 0.3) is 0 Å². The van der Waals surface area contributed by atoms with E-state index < -0.39 is 11.8 Å². The number of carboxylic acids is 1. The van der Waals surface area contributed by atoms with Crippen molar-refractivity contribution in [3.63, 3.8) is 0 Å². The van der Waals surface area contributed by atoms with Crippen LogP contribution in [0.2, 0.25) is 5.02 Å². The van der Waals surface area contributed by atoms with Gasteiger partial charge in [0.2, 0.25) is 0 Å². The van der Waals surface area contributed by atoms with Crippen LogP contribution in [0.15, 0.2) is 18.2 Å². The van der Waals surface area contributed by atoms with E-state index in [2.05, 4.69) is 0 Å². The van der Waals surface area contributed by atoms with Crippen molar-refractivity contribution in [3.8, 4) is 5.75 Å². The predicted molar refractivity (Wildman–Crippen MR) is 54.6 cm³/mol. The summed E-state index contributed by atoms with van der Waals surface area (Å²) in [5, 5.41) is 8.70. The van der Waals surface area contributed by atoms with Crippen molar-refractivity contribution in [1.82, 2.24) is 0 Å². The number of carboxylic acid groups (broad SMARTS) is 1. The molecule has 4 nitrogen and oxygen atoms in total. The number of carbonyl (C=O) groups is 2. The second-order valence-corrected chi connectivity index (χ2v) is 3.12. The molecule has 0 aliphatic rings. The highest BCUT2D eigenvalue weighted by atomic mass is 35.5. The molecule has 1 rings (SSSR count). The molecule has 0 aliphatic carbocycles. The molecule has 5 heteroatoms. The fourth-order valence-electron chi connectivity index (χ4n) is 1.04. The highest BCUT2D eigenvalue weighted by molar-refractivity contribution is 6.40. The SMILES string of the molecule is CCOc1ccc(C(=O)C(=O)O)cc1Cl. The maximum absolute atomic E-state index is 11.1. The van der Waals surface area contributed by atoms with Gasteiger partial charge in [0.1, 0.15) is 5.75 Å². The third-order valence-corrected chi connectivity index (χ3v) is 1.98. The van der Waals surface area contributed by atoms with Crippen LogP contribution >= 0.6 is 11.6 Å². The van der Waals surface area contributed by atoms with Crippen LogP contribution in [0.1, 0.15) is 17.3 Å². The Bertz CT molecular complexity index is 400. The molecule has 0 bridgehead atoms. The molecule has 0 amide bonds. The molecule has 0 aliphatic heterocycles. The molecule has 1 aromatic carbocycles. The molecule has 0 spiro atoms. The van der Waals surface area contributed by atoms with E-state index >= 15 is 0 Å². The van der Waals surface area contributed by atoms with Crippen LogP contribution in [-0.4, -0.2) is 23.5 Å². The number of Topliss-reactive ketones (excluding diaryl/α,β-unsaturated/α-hetero) is 1. The number of rotatable bonds is 4. The van der Waals surface area contributed by atoms with Crippen molar-refractivity contribution in [1.29, 1.82) is 0 Å². The number of hydrogen-bond acceptors (Lipinski definition) is 3. The monoisotopic (exact) mass is 228 g/mol. The molecule has 0 radical (unpaired) electrons. The molecule has 1 aromatic rings. The largest absolute Gasteiger partial charge is 0.492 e. The summed E-state index contributed by atoms with van der Waals surface area (Å²) in [5.74, 6) is -2.06. The second kappa shape index (κ2) is 4.79. The lowest BCUT2D eigenvalue weighted by atomic mass is 10.1. The summed E-state index contributed by atoms with van der Waals surface area (Å²) in [5.41, 5.74) is 0.0379. The lowest BCUT2D eigenvalue weighted by Crippen LogP contribution is -2.12. The van der Waals surface area contributed by atoms with Gasteiger partial charge in [-0.3, -0.25) is 4.79 Å². The Labute approximate surface area is 91.4 Å². The molecule has 0 fully saturated rings. The minimum absolute atomic E-state index is 0.0379. The summed E-state index contributed by atoms with van der Waals surface area (Å²) in [7, 11) is 0. The average Bonchev–Trinajstić information content (AvgIpc) is 2.20. The smallest absolute Gasteiger partial charge is 0.377 e. The zero-order valence-corrected chi connectivity index (χ0v) is 8.75. The Morgan fingerprint density at radius 2 is 2.13 bits per heavy atom. The molecular formula is C10H9ClO4. The molecule has 0 saturated heterocycles. The van der Waals surface area contributed by atoms with Crippen LogP contribution in [0, 0.1) is 0 Å². The third kappa shape index (κ3) is 2.70. The summed E-state index contributed by atoms with van der Waals surface area (Å²) in [4.78, 5) is 21.5. The van der Waals surface area contributed by atoms with Crippen molar-refractivity contribution in [2.75, 3.05) is 6.61 Å². The van der Waals surface area contributed by atoms with E-state index in [1.807, 2.05) is 0 Å². The summed E-state index contributed by atoms with van der Waals surface area (Å²) >= 11 is 5.79. The maximum atomic E-state index is 11.1. The Balaban J connectivity index is 3.01. The lowest BCUT2D eigenvalue weighted by Gasteiger charge is -2.05. The van der Waals surface area contributed by atoms with Crippen molar-refractivity contribution in [2.24, 2.45) is 0 Å². The molecule has 80 valence electrons. The van der Waals surface area contributed by atoms with E-state index in [9.17, 15) is 9.59 Å². The first-order valence-electron chi connectivity index (χ1n) is 4.26. The van der Waals surface area contributed by atoms with Crippen LogP contribution in [0.5, 0.6) is 5.75 Å². The lowest BCUT2D eigenvalue weighted by molar-refractivity contribution is -0.131. The topological polar surface area (TPSA) is 63.6 Å². The highest BCUT2D eigenvalue weighted by Gasteiger charge is 2.15. The van der Waals surface area contributed by atoms with Gasteiger partial charge in [0, 0.05) is 5.56 Å². The Morgan fingerprint density at radius 3 is 2.60 bits per heavy atom. The van der Waals surface area contributed by atoms with E-state index in [-0.39, 0.29) is 10.6 Å². The molecule has 0 atom stereocenters. The first kappa shape index (κ1) is 11.5. The third-order valence-electron chi connectivity index (χ3n) is 1.69. The van der Waals surface area contributed by atoms with Crippen LogP contribution in [0.3, 0.4) is 0 Å². The fourth-order valence-corrected chi connectivity index (χ4v) is 1.27. The van der Waals surface area contributed by atoms with Crippen LogP contribution < -0.4 is 4.74 Å². The summed E-state index contributed by atoms with van der Waals surface area (Å²) in [6.07, 6.45) is 0. The summed E-state index contributed by atoms with van der Waals surface area (Å²) < 4.78 is 5.14. The van der Waals surface area contributed by atoms with Gasteiger partial charge in [-0.1, -0.05) is 11.6 Å². The number of ether oxygens (including phenoxy) is 1. The molecule has 1 N–H and O–H groups in total. The minimum atomic E-state index is -1.50. The van der Waals surface area contributed by atoms with Crippen LogP contribution in [0.4, 0.5) is 0 Å². The summed E-state index contributed by atoms with van der Waals surface area (Å²) in [6.45, 7) is 2.25. The van der Waals surface area contributed by atoms with E-state index in [0.29, 0.717) is 12.4 Å². The molecule has 15 heavy (non-hydrogen) atoms. The number of halogens is 1. The van der Waals surface area contributed by atoms with Gasteiger partial charge in [-0.15, -0.1) is 0 Å². The van der Waals surface area contributed by atoms with Gasteiger partial charge >= 0.3 is 5.97 Å². The van der Waals surface area contributed by atoms with Gasteiger partial charge in [-0.05, 0) is 25.1 Å². The second-order valence-electron chi connectivity index (χ2n) is 2.71. The number of carbonyl (C=O) groups excluding carboxylic acids is 1. The number of benzene rings is 1. The van der Waals surface area contributed by atoms with Crippen molar-refractivity contribution in [3.05, 3.63) is 28.8 Å². The zero-order chi connectivity index (χ0) is 11.4. The number of ketones is 1. The average molecular weight is 229 g/mol. The molecule has 0 saturated carbocycles. The summed E-state index contributed by atoms with van der Waals surface area (Å²) in [6, 6.07) is 4.12. The van der Waals surface area contributed by atoms with Gasteiger partial charge in [-0.25, -0.2) is 4.79 Å². The quantitative estimate of drug-likeness (QED) is 0.633. The number of hydrogen-bond donors (Lipinski definition) is 1. The van der Waals surface area contributed by atoms with Crippen molar-refractivity contribution in [2.45, 2.75) is 6.92 Å². The van der Waals surface area contributed by atoms with Gasteiger partial charge in [0.15, 0.2) is 0 Å². The minimum Gasteiger partial charge on any atom is -0.492 e. The molecular weight excluding hydrogens is 220 g/mol. The van der Waals surface area contributed by atoms with Gasteiger partial charge in [0.25, 0.3) is 5.78 Å². The van der Waals surface area contributed by atoms with Crippen molar-refractivity contribution < 1.29 is 19.4 Å². The van der Waals surface area contributed by atoms with Crippen LogP contribution in [-0.2, 0) is 4.79 Å². The standard InChI is InChI=1S/C10H9ClO4/c1-2-15-8-4-3-6(5-7(8)11)9(12)10(13)14/h3-5H,2H2,1H3,(H,13,14). The molecule has 0 unspecified atom stereocenters. The van der Waals surface area contributed by atoms with Gasteiger partial charge in [0.05, 0.1) is 11.6 Å². The first-order valence-corrected chi connectivity index (χ1v) is 4.64. The Hall–Kier alpha value is -1.55. The van der Waals surface area contributed by atoms with E-state index in [1.54, 1.807) is 6.92 Å². The van der Waals surface area contributed by atoms with Gasteiger partial charge < -0.3 is 9.84 Å². The Kier molecular flexibility index (Phi) is 3.68. The van der Waals surface area contributed by atoms with E-state index in [4.69, 9.17) is 21.4 Å². The fraction of sp³-hybridized carbons (Fsp3) is 0.200. The first-order chi connectivity index (χ1) is 7.06. The van der Waals surface area contributed by atoms with E-state index in [1.165, 1.54) is 18.2 Å². The number of aliphatic carboxylic acids is 1. The normalized spacial score (nSPS) is 9.73. The van der Waals surface area contributed by atoms with Gasteiger partial charge in [-0.2, -0.15) is 0 Å².